The van der Waals surface area contributed by atoms with Gasteiger partial charge in [0.05, 0.1) is 29.8 Å². The molecule has 0 bridgehead atoms. The van der Waals surface area contributed by atoms with Crippen molar-refractivity contribution in [3.05, 3.63) is 70.1 Å². The Kier molecular flexibility index (Phi) is 6.34. The van der Waals surface area contributed by atoms with Crippen LogP contribution in [0, 0.1) is 6.92 Å². The Morgan fingerprint density at radius 3 is 2.79 bits per heavy atom. The van der Waals surface area contributed by atoms with Gasteiger partial charge in [0.15, 0.2) is 0 Å². The lowest BCUT2D eigenvalue weighted by atomic mass is 10.0. The number of rotatable bonds is 5. The van der Waals surface area contributed by atoms with Crippen molar-refractivity contribution in [1.29, 1.82) is 0 Å². The minimum atomic E-state index is -0.298. The van der Waals surface area contributed by atoms with Gasteiger partial charge in [-0.05, 0) is 43.5 Å². The Morgan fingerprint density at radius 2 is 2.00 bits per heavy atom. The number of ether oxygens (including phenoxy) is 1. The summed E-state index contributed by atoms with van der Waals surface area (Å²) in [6.07, 6.45) is 0.704. The molecule has 0 atom stereocenters. The second-order valence-corrected chi connectivity index (χ2v) is 10.4. The number of aryl methyl sites for hydroxylation is 1. The molecule has 4 aromatic rings. The molecule has 0 saturated heterocycles. The molecule has 174 valence electrons. The van der Waals surface area contributed by atoms with E-state index in [1.165, 1.54) is 11.3 Å². The smallest absolute Gasteiger partial charge is 0.410 e. The zero-order valence-corrected chi connectivity index (χ0v) is 20.7. The molecular formula is C26H25N3O3S2. The van der Waals surface area contributed by atoms with E-state index in [9.17, 15) is 9.59 Å². The number of thiophene rings is 1. The van der Waals surface area contributed by atoms with E-state index < -0.39 is 0 Å². The van der Waals surface area contributed by atoms with E-state index in [4.69, 9.17) is 9.72 Å². The first-order valence-electron chi connectivity index (χ1n) is 11.3. The maximum absolute atomic E-state index is 13.0. The molecule has 34 heavy (non-hydrogen) atoms. The predicted molar refractivity (Wildman–Crippen MR) is 138 cm³/mol. The number of benzene rings is 2. The number of fused-ring (bicyclic) bond motifs is 2. The summed E-state index contributed by atoms with van der Waals surface area (Å²) in [7, 11) is 0. The van der Waals surface area contributed by atoms with Crippen molar-refractivity contribution in [2.24, 2.45) is 0 Å². The summed E-state index contributed by atoms with van der Waals surface area (Å²) in [6, 6.07) is 16.1. The summed E-state index contributed by atoms with van der Waals surface area (Å²) in [6.45, 7) is 5.24. The van der Waals surface area contributed by atoms with Gasteiger partial charge in [0.25, 0.3) is 0 Å². The van der Waals surface area contributed by atoms with Crippen molar-refractivity contribution < 1.29 is 14.3 Å². The highest BCUT2D eigenvalue weighted by atomic mass is 32.1. The van der Waals surface area contributed by atoms with Crippen LogP contribution >= 0.6 is 22.7 Å². The molecule has 0 radical (unpaired) electrons. The number of nitrogens with one attached hydrogen (secondary N) is 1. The van der Waals surface area contributed by atoms with Gasteiger partial charge in [-0.1, -0.05) is 42.0 Å². The Morgan fingerprint density at radius 1 is 1.15 bits per heavy atom. The fraction of sp³-hybridized carbons (Fsp3) is 0.269. The molecule has 1 N–H and O–H groups in total. The van der Waals surface area contributed by atoms with Crippen LogP contribution in [0.1, 0.15) is 28.5 Å². The van der Waals surface area contributed by atoms with E-state index in [-0.39, 0.29) is 12.0 Å². The van der Waals surface area contributed by atoms with Gasteiger partial charge in [0, 0.05) is 17.0 Å². The third-order valence-corrected chi connectivity index (χ3v) is 7.98. The van der Waals surface area contributed by atoms with Crippen molar-refractivity contribution in [3.63, 3.8) is 0 Å². The van der Waals surface area contributed by atoms with Crippen molar-refractivity contribution in [3.8, 4) is 10.6 Å². The number of carbonyl (C=O) groups excluding carboxylic acids is 2. The second-order valence-electron chi connectivity index (χ2n) is 8.28. The molecule has 8 heteroatoms. The molecule has 0 fully saturated rings. The first-order chi connectivity index (χ1) is 16.5. The maximum atomic E-state index is 13.0. The molecule has 1 aliphatic heterocycles. The lowest BCUT2D eigenvalue weighted by molar-refractivity contribution is -0.115. The van der Waals surface area contributed by atoms with Crippen LogP contribution in [0.15, 0.2) is 48.5 Å². The Labute approximate surface area is 206 Å². The minimum Gasteiger partial charge on any atom is -0.450 e. The SMILES string of the molecule is CCOC(=O)N1CCc2c(sc(NC(=O)Cc3cccc(C)c3)c2-c2nc3ccccc3s2)C1. The van der Waals surface area contributed by atoms with Crippen LogP contribution in [0.4, 0.5) is 9.80 Å². The molecular weight excluding hydrogens is 466 g/mol. The number of aromatic nitrogens is 1. The average molecular weight is 492 g/mol. The third kappa shape index (κ3) is 4.56. The van der Waals surface area contributed by atoms with Gasteiger partial charge < -0.3 is 15.0 Å². The molecule has 0 aliphatic carbocycles. The molecule has 5 rings (SSSR count). The number of carbonyl (C=O) groups is 2. The van der Waals surface area contributed by atoms with Crippen LogP contribution in [-0.2, 0) is 28.9 Å². The largest absolute Gasteiger partial charge is 0.450 e. The van der Waals surface area contributed by atoms with E-state index in [0.29, 0.717) is 32.5 Å². The van der Waals surface area contributed by atoms with Crippen molar-refractivity contribution in [2.75, 3.05) is 18.5 Å². The van der Waals surface area contributed by atoms with Gasteiger partial charge in [0.1, 0.15) is 10.0 Å². The standard InChI is InChI=1S/C26H25N3O3S2/c1-3-32-26(31)29-12-11-18-21(15-29)34-25(28-22(30)14-17-8-6-7-16(2)13-17)23(18)24-27-19-9-4-5-10-20(19)33-24/h4-10,13H,3,11-12,14-15H2,1-2H3,(H,28,30). The first kappa shape index (κ1) is 22.6. The van der Waals surface area contributed by atoms with Crippen LogP contribution in [0.5, 0.6) is 0 Å². The van der Waals surface area contributed by atoms with Crippen molar-refractivity contribution in [2.45, 2.75) is 33.2 Å². The Balaban J connectivity index is 1.49. The van der Waals surface area contributed by atoms with Crippen molar-refractivity contribution in [1.82, 2.24) is 9.88 Å². The summed E-state index contributed by atoms with van der Waals surface area (Å²) >= 11 is 3.16. The highest BCUT2D eigenvalue weighted by Gasteiger charge is 2.30. The van der Waals surface area contributed by atoms with Gasteiger partial charge in [-0.3, -0.25) is 4.79 Å². The fourth-order valence-corrected chi connectivity index (χ4v) is 6.64. The summed E-state index contributed by atoms with van der Waals surface area (Å²) in [5, 5.41) is 4.86. The van der Waals surface area contributed by atoms with Crippen LogP contribution in [-0.4, -0.2) is 35.0 Å². The lowest BCUT2D eigenvalue weighted by Crippen LogP contribution is -2.35. The first-order valence-corrected chi connectivity index (χ1v) is 12.9. The van der Waals surface area contributed by atoms with E-state index in [1.54, 1.807) is 16.2 Å². The molecule has 3 heterocycles. The Bertz CT molecular complexity index is 1340. The van der Waals surface area contributed by atoms with E-state index >= 15 is 0 Å². The quantitative estimate of drug-likeness (QED) is 0.370. The third-order valence-electron chi connectivity index (χ3n) is 5.79. The molecule has 0 unspecified atom stereocenters. The van der Waals surface area contributed by atoms with Gasteiger partial charge in [-0.15, -0.1) is 22.7 Å². The number of amides is 2. The topological polar surface area (TPSA) is 71.5 Å². The molecule has 2 amide bonds. The lowest BCUT2D eigenvalue weighted by Gasteiger charge is -2.26. The van der Waals surface area contributed by atoms with Crippen LogP contribution < -0.4 is 5.32 Å². The second kappa shape index (κ2) is 9.56. The fourth-order valence-electron chi connectivity index (χ4n) is 4.25. The van der Waals surface area contributed by atoms with Crippen LogP contribution in [0.2, 0.25) is 0 Å². The van der Waals surface area contributed by atoms with Crippen LogP contribution in [0.25, 0.3) is 20.8 Å². The number of hydrogen-bond donors (Lipinski definition) is 1. The molecule has 0 saturated carbocycles. The number of hydrogen-bond acceptors (Lipinski definition) is 6. The summed E-state index contributed by atoms with van der Waals surface area (Å²) < 4.78 is 6.32. The summed E-state index contributed by atoms with van der Waals surface area (Å²) in [5.41, 5.74) is 5.21. The number of nitrogens with zero attached hydrogens (tertiary/aromatic N) is 2. The van der Waals surface area contributed by atoms with Gasteiger partial charge in [-0.2, -0.15) is 0 Å². The van der Waals surface area contributed by atoms with Gasteiger partial charge in [-0.25, -0.2) is 9.78 Å². The number of para-hydroxylation sites is 1. The zero-order valence-electron chi connectivity index (χ0n) is 19.1. The van der Waals surface area contributed by atoms with E-state index in [1.807, 2.05) is 56.3 Å². The van der Waals surface area contributed by atoms with E-state index in [2.05, 4.69) is 11.4 Å². The van der Waals surface area contributed by atoms with Gasteiger partial charge in [0.2, 0.25) is 5.91 Å². The molecule has 1 aliphatic rings. The van der Waals surface area contributed by atoms with Crippen molar-refractivity contribution >= 4 is 49.9 Å². The maximum Gasteiger partial charge on any atom is 0.410 e. The number of anilines is 1. The molecule has 6 nitrogen and oxygen atoms in total. The highest BCUT2D eigenvalue weighted by molar-refractivity contribution is 7.22. The zero-order chi connectivity index (χ0) is 23.7. The minimum absolute atomic E-state index is 0.0613. The summed E-state index contributed by atoms with van der Waals surface area (Å²) in [4.78, 5) is 33.0. The summed E-state index contributed by atoms with van der Waals surface area (Å²) in [5.74, 6) is -0.0613. The highest BCUT2D eigenvalue weighted by Crippen LogP contribution is 2.45. The van der Waals surface area contributed by atoms with Gasteiger partial charge >= 0.3 is 6.09 Å². The molecule has 2 aromatic carbocycles. The monoisotopic (exact) mass is 491 g/mol. The Hall–Kier alpha value is -3.23. The van der Waals surface area contributed by atoms with E-state index in [0.717, 1.165) is 47.4 Å². The average Bonchev–Trinajstić information content (AvgIpc) is 3.39. The van der Waals surface area contributed by atoms with Crippen LogP contribution in [0.3, 0.4) is 0 Å². The molecule has 2 aromatic heterocycles. The predicted octanol–water partition coefficient (Wildman–Crippen LogP) is 6.03. The normalized spacial score (nSPS) is 13.1. The number of thiazole rings is 1. The molecule has 0 spiro atoms.